The zero-order chi connectivity index (χ0) is 15.9. The molecule has 0 radical (unpaired) electrons. The number of rotatable bonds is 4. The molecule has 0 amide bonds. The van der Waals surface area contributed by atoms with Crippen LogP contribution in [0.5, 0.6) is 0 Å². The number of nitrogens with zero attached hydrogens (tertiary/aromatic N) is 3. The predicted octanol–water partition coefficient (Wildman–Crippen LogP) is 2.63. The van der Waals surface area contributed by atoms with Crippen LogP contribution in [0.25, 0.3) is 10.2 Å². The topological polar surface area (TPSA) is 75.3 Å². The van der Waals surface area contributed by atoms with Gasteiger partial charge in [0.2, 0.25) is 0 Å². The van der Waals surface area contributed by atoms with E-state index < -0.39 is 0 Å². The van der Waals surface area contributed by atoms with Crippen LogP contribution in [0.15, 0.2) is 0 Å². The van der Waals surface area contributed by atoms with Crippen LogP contribution in [0.2, 0.25) is 0 Å². The van der Waals surface area contributed by atoms with E-state index in [0.29, 0.717) is 18.4 Å². The second-order valence-electron chi connectivity index (χ2n) is 6.34. The van der Waals surface area contributed by atoms with Gasteiger partial charge in [-0.1, -0.05) is 0 Å². The fourth-order valence-corrected chi connectivity index (χ4v) is 4.40. The van der Waals surface area contributed by atoms with E-state index in [9.17, 15) is 5.11 Å². The Morgan fingerprint density at radius 3 is 2.91 bits per heavy atom. The van der Waals surface area contributed by atoms with E-state index >= 15 is 0 Å². The van der Waals surface area contributed by atoms with E-state index in [-0.39, 0.29) is 6.10 Å². The van der Waals surface area contributed by atoms with Crippen molar-refractivity contribution in [3.63, 3.8) is 0 Å². The minimum absolute atomic E-state index is 0.262. The lowest BCUT2D eigenvalue weighted by Crippen LogP contribution is -2.32. The van der Waals surface area contributed by atoms with E-state index in [2.05, 4.69) is 23.7 Å². The maximum Gasteiger partial charge on any atom is 0.146 e. The van der Waals surface area contributed by atoms with Crippen molar-refractivity contribution in [1.29, 1.82) is 0 Å². The molecule has 3 rings (SSSR count). The molecule has 0 aromatic carbocycles. The first kappa shape index (κ1) is 15.6. The summed E-state index contributed by atoms with van der Waals surface area (Å²) in [4.78, 5) is 13.9. The maximum atomic E-state index is 9.64. The minimum atomic E-state index is -0.262. The first-order chi connectivity index (χ1) is 10.5. The molecule has 2 atom stereocenters. The van der Waals surface area contributed by atoms with Gasteiger partial charge in [-0.25, -0.2) is 9.97 Å². The zero-order valence-electron chi connectivity index (χ0n) is 13.5. The number of aliphatic hydroxyl groups is 1. The summed E-state index contributed by atoms with van der Waals surface area (Å²) in [7, 11) is 0. The Morgan fingerprint density at radius 2 is 2.18 bits per heavy atom. The van der Waals surface area contributed by atoms with Gasteiger partial charge < -0.3 is 10.8 Å². The van der Waals surface area contributed by atoms with Crippen molar-refractivity contribution in [2.24, 2.45) is 0 Å². The summed E-state index contributed by atoms with van der Waals surface area (Å²) in [5.74, 6) is 1.39. The van der Waals surface area contributed by atoms with Crippen LogP contribution in [0.4, 0.5) is 5.82 Å². The highest BCUT2D eigenvalue weighted by Gasteiger charge is 2.26. The molecular weight excluding hydrogens is 296 g/mol. The van der Waals surface area contributed by atoms with Gasteiger partial charge in [-0.05, 0) is 52.1 Å². The number of nitrogen functional groups attached to an aromatic ring is 1. The quantitative estimate of drug-likeness (QED) is 0.906. The molecule has 0 aliphatic carbocycles. The Labute approximate surface area is 135 Å². The lowest BCUT2D eigenvalue weighted by Gasteiger charge is -2.24. The molecule has 3 heterocycles. The van der Waals surface area contributed by atoms with Crippen LogP contribution in [-0.4, -0.2) is 38.7 Å². The third kappa shape index (κ3) is 2.95. The number of thiophene rings is 1. The molecule has 2 unspecified atom stereocenters. The Morgan fingerprint density at radius 1 is 1.41 bits per heavy atom. The third-order valence-electron chi connectivity index (χ3n) is 4.56. The zero-order valence-corrected chi connectivity index (χ0v) is 14.3. The van der Waals surface area contributed by atoms with Gasteiger partial charge in [-0.2, -0.15) is 0 Å². The number of likely N-dealkylation sites (tertiary alicyclic amines) is 1. The number of aliphatic hydroxyl groups excluding tert-OH is 1. The molecule has 0 spiro atoms. The fraction of sp³-hybridized carbons (Fsp3) is 0.625. The molecule has 3 N–H and O–H groups in total. The number of hydrogen-bond donors (Lipinski definition) is 2. The number of nitrogens with two attached hydrogens (primary N) is 1. The van der Waals surface area contributed by atoms with Gasteiger partial charge >= 0.3 is 0 Å². The molecule has 6 heteroatoms. The van der Waals surface area contributed by atoms with E-state index in [1.165, 1.54) is 16.9 Å². The molecule has 2 aromatic heterocycles. The molecule has 22 heavy (non-hydrogen) atoms. The molecule has 5 nitrogen and oxygen atoms in total. The second-order valence-corrected chi connectivity index (χ2v) is 7.54. The average Bonchev–Trinajstić information content (AvgIpc) is 2.95. The van der Waals surface area contributed by atoms with Crippen molar-refractivity contribution in [3.8, 4) is 0 Å². The first-order valence-electron chi connectivity index (χ1n) is 7.90. The second kappa shape index (κ2) is 6.10. The highest BCUT2D eigenvalue weighted by atomic mass is 32.1. The van der Waals surface area contributed by atoms with Crippen molar-refractivity contribution in [3.05, 3.63) is 16.3 Å². The average molecular weight is 320 g/mol. The van der Waals surface area contributed by atoms with Crippen molar-refractivity contribution >= 4 is 27.4 Å². The molecule has 1 saturated heterocycles. The van der Waals surface area contributed by atoms with Crippen LogP contribution in [0.3, 0.4) is 0 Å². The van der Waals surface area contributed by atoms with Gasteiger partial charge in [0, 0.05) is 10.9 Å². The Hall–Kier alpha value is -1.24. The Kier molecular flexibility index (Phi) is 4.34. The standard InChI is InChI=1S/C16H24N4OS/c1-9(21)7-12-5-4-6-20(12)8-13-18-15(17)14-10(2)11(3)22-16(14)19-13/h9,12,21H,4-8H2,1-3H3,(H2,17,18,19). The van der Waals surface area contributed by atoms with E-state index in [0.717, 1.165) is 35.4 Å². The lowest BCUT2D eigenvalue weighted by atomic mass is 10.1. The first-order valence-corrected chi connectivity index (χ1v) is 8.71. The van der Waals surface area contributed by atoms with Crippen LogP contribution in [0, 0.1) is 13.8 Å². The van der Waals surface area contributed by atoms with Gasteiger partial charge in [-0.3, -0.25) is 4.90 Å². The maximum absolute atomic E-state index is 9.64. The normalized spacial score (nSPS) is 20.8. The minimum Gasteiger partial charge on any atom is -0.393 e. The highest BCUT2D eigenvalue weighted by molar-refractivity contribution is 7.18. The molecule has 2 aromatic rings. The predicted molar refractivity (Wildman–Crippen MR) is 91.0 cm³/mol. The van der Waals surface area contributed by atoms with E-state index in [1.54, 1.807) is 11.3 Å². The summed E-state index contributed by atoms with van der Waals surface area (Å²) in [6, 6.07) is 0.423. The van der Waals surface area contributed by atoms with Crippen molar-refractivity contribution in [2.75, 3.05) is 12.3 Å². The number of aromatic nitrogens is 2. The van der Waals surface area contributed by atoms with Gasteiger partial charge in [0.05, 0.1) is 18.0 Å². The van der Waals surface area contributed by atoms with Crippen LogP contribution in [-0.2, 0) is 6.54 Å². The monoisotopic (exact) mass is 320 g/mol. The van der Waals surface area contributed by atoms with Crippen LogP contribution < -0.4 is 5.73 Å². The summed E-state index contributed by atoms with van der Waals surface area (Å²) in [6.07, 6.45) is 2.86. The number of aryl methyl sites for hydroxylation is 2. The molecule has 1 aliphatic heterocycles. The Balaban J connectivity index is 1.85. The third-order valence-corrected chi connectivity index (χ3v) is 5.66. The highest BCUT2D eigenvalue weighted by Crippen LogP contribution is 2.32. The van der Waals surface area contributed by atoms with Gasteiger partial charge in [0.1, 0.15) is 16.5 Å². The largest absolute Gasteiger partial charge is 0.393 e. The molecule has 1 fully saturated rings. The van der Waals surface area contributed by atoms with Crippen molar-refractivity contribution < 1.29 is 5.11 Å². The van der Waals surface area contributed by atoms with Gasteiger partial charge in [-0.15, -0.1) is 11.3 Å². The molecular formula is C16H24N4OS. The fourth-order valence-electron chi connectivity index (χ4n) is 3.34. The van der Waals surface area contributed by atoms with Crippen LogP contribution >= 0.6 is 11.3 Å². The summed E-state index contributed by atoms with van der Waals surface area (Å²) in [5.41, 5.74) is 7.35. The van der Waals surface area contributed by atoms with Crippen molar-refractivity contribution in [2.45, 2.75) is 58.7 Å². The van der Waals surface area contributed by atoms with E-state index in [1.807, 2.05) is 6.92 Å². The van der Waals surface area contributed by atoms with Gasteiger partial charge in [0.25, 0.3) is 0 Å². The number of anilines is 1. The summed E-state index contributed by atoms with van der Waals surface area (Å²) in [5, 5.41) is 10.6. The number of fused-ring (bicyclic) bond motifs is 1. The van der Waals surface area contributed by atoms with Crippen LogP contribution in [0.1, 0.15) is 42.5 Å². The summed E-state index contributed by atoms with van der Waals surface area (Å²) >= 11 is 1.69. The lowest BCUT2D eigenvalue weighted by molar-refractivity contribution is 0.129. The molecule has 0 saturated carbocycles. The van der Waals surface area contributed by atoms with Crippen molar-refractivity contribution in [1.82, 2.24) is 14.9 Å². The SMILES string of the molecule is Cc1sc2nc(CN3CCCC3CC(C)O)nc(N)c2c1C. The summed E-state index contributed by atoms with van der Waals surface area (Å²) in [6.45, 7) is 7.79. The Bertz CT molecular complexity index is 682. The van der Waals surface area contributed by atoms with Gasteiger partial charge in [0.15, 0.2) is 0 Å². The molecule has 120 valence electrons. The number of hydrogen-bond acceptors (Lipinski definition) is 6. The molecule has 1 aliphatic rings. The summed E-state index contributed by atoms with van der Waals surface area (Å²) < 4.78 is 0. The van der Waals surface area contributed by atoms with E-state index in [4.69, 9.17) is 10.7 Å². The molecule has 0 bridgehead atoms. The smallest absolute Gasteiger partial charge is 0.146 e.